The van der Waals surface area contributed by atoms with E-state index in [4.69, 9.17) is 24.5 Å². The average molecular weight is 444 g/mol. The molecular weight excluding hydrogens is 416 g/mol. The molecule has 172 valence electrons. The number of aliphatic carboxylic acids is 2. The number of nitrogens with zero attached hydrogens (tertiary/aromatic N) is 2. The van der Waals surface area contributed by atoms with E-state index in [-0.39, 0.29) is 10.6 Å². The van der Waals surface area contributed by atoms with Gasteiger partial charge in [-0.15, -0.1) is 0 Å². The third-order valence-electron chi connectivity index (χ3n) is 5.30. The number of carboxylic acids is 2. The Morgan fingerprint density at radius 3 is 2.25 bits per heavy atom. The highest BCUT2D eigenvalue weighted by Gasteiger charge is 2.19. The van der Waals surface area contributed by atoms with E-state index in [1.54, 1.807) is 19.1 Å². The Hall–Kier alpha value is -3.46. The van der Waals surface area contributed by atoms with Gasteiger partial charge in [0.2, 0.25) is 0 Å². The van der Waals surface area contributed by atoms with Gasteiger partial charge in [0.05, 0.1) is 4.92 Å². The first-order chi connectivity index (χ1) is 15.3. The minimum absolute atomic E-state index is 0.137. The van der Waals surface area contributed by atoms with Crippen LogP contribution in [-0.2, 0) is 16.0 Å². The summed E-state index contributed by atoms with van der Waals surface area (Å²) in [4.78, 5) is 31.1. The van der Waals surface area contributed by atoms with Gasteiger partial charge >= 0.3 is 11.9 Å². The molecule has 0 unspecified atom stereocenters. The molecule has 1 heterocycles. The Morgan fingerprint density at radius 1 is 1.09 bits per heavy atom. The molecule has 1 aliphatic rings. The zero-order valence-corrected chi connectivity index (χ0v) is 18.0. The Morgan fingerprint density at radius 2 is 1.72 bits per heavy atom. The summed E-state index contributed by atoms with van der Waals surface area (Å²) in [5.74, 6) is -2.18. The number of aryl methyl sites for hydroxylation is 1. The molecule has 3 rings (SSSR count). The number of nitro benzene ring substituents is 1. The molecule has 0 radical (unpaired) electrons. The van der Waals surface area contributed by atoms with E-state index in [1.165, 1.54) is 30.9 Å². The van der Waals surface area contributed by atoms with E-state index < -0.39 is 11.9 Å². The summed E-state index contributed by atoms with van der Waals surface area (Å²) in [6.07, 6.45) is 3.63. The van der Waals surface area contributed by atoms with E-state index >= 15 is 0 Å². The molecular formula is C23H28N2O7. The first-order valence-electron chi connectivity index (χ1n) is 10.4. The zero-order chi connectivity index (χ0) is 23.5. The van der Waals surface area contributed by atoms with E-state index in [0.29, 0.717) is 17.9 Å². The fourth-order valence-electron chi connectivity index (χ4n) is 3.58. The van der Waals surface area contributed by atoms with Crippen molar-refractivity contribution >= 4 is 17.6 Å². The summed E-state index contributed by atoms with van der Waals surface area (Å²) < 4.78 is 5.78. The summed E-state index contributed by atoms with van der Waals surface area (Å²) in [5.41, 5.74) is 2.20. The van der Waals surface area contributed by atoms with Gasteiger partial charge in [0.25, 0.3) is 5.69 Å². The molecule has 0 aromatic heterocycles. The van der Waals surface area contributed by atoms with Gasteiger partial charge in [-0.25, -0.2) is 9.59 Å². The zero-order valence-electron chi connectivity index (χ0n) is 18.0. The fraction of sp³-hybridized carbons (Fsp3) is 0.391. The maximum atomic E-state index is 10.9. The van der Waals surface area contributed by atoms with Gasteiger partial charge in [-0.3, -0.25) is 15.0 Å². The van der Waals surface area contributed by atoms with Gasteiger partial charge in [-0.1, -0.05) is 30.3 Å². The second-order valence-corrected chi connectivity index (χ2v) is 7.64. The van der Waals surface area contributed by atoms with Crippen LogP contribution in [0.25, 0.3) is 0 Å². The topological polar surface area (TPSA) is 130 Å². The lowest BCUT2D eigenvalue weighted by Crippen LogP contribution is -2.37. The average Bonchev–Trinajstić information content (AvgIpc) is 2.76. The highest BCUT2D eigenvalue weighted by atomic mass is 16.6. The molecule has 32 heavy (non-hydrogen) atoms. The smallest absolute Gasteiger partial charge is 0.414 e. The van der Waals surface area contributed by atoms with Crippen LogP contribution in [0.2, 0.25) is 0 Å². The molecule has 0 bridgehead atoms. The number of carboxylic acid groups (broad SMARTS) is 2. The lowest BCUT2D eigenvalue weighted by Gasteiger charge is -2.31. The number of hydrogen-bond donors (Lipinski definition) is 2. The molecule has 2 N–H and O–H groups in total. The van der Waals surface area contributed by atoms with E-state index in [9.17, 15) is 10.1 Å². The van der Waals surface area contributed by atoms with Gasteiger partial charge in [-0.05, 0) is 62.9 Å². The van der Waals surface area contributed by atoms with Gasteiger partial charge in [0.15, 0.2) is 0 Å². The van der Waals surface area contributed by atoms with Crippen molar-refractivity contribution in [3.05, 3.63) is 69.8 Å². The number of hydrogen-bond acceptors (Lipinski definition) is 6. The summed E-state index contributed by atoms with van der Waals surface area (Å²) in [6.45, 7) is 5.47. The maximum absolute atomic E-state index is 10.9. The van der Waals surface area contributed by atoms with Gasteiger partial charge in [0.1, 0.15) is 12.4 Å². The quantitative estimate of drug-likeness (QED) is 0.378. The first-order valence-corrected chi connectivity index (χ1v) is 10.4. The van der Waals surface area contributed by atoms with Crippen LogP contribution in [0.4, 0.5) is 5.69 Å². The van der Waals surface area contributed by atoms with Crippen molar-refractivity contribution in [2.75, 3.05) is 26.2 Å². The largest absolute Gasteiger partial charge is 0.492 e. The second kappa shape index (κ2) is 12.4. The van der Waals surface area contributed by atoms with Crippen molar-refractivity contribution in [1.82, 2.24) is 4.90 Å². The van der Waals surface area contributed by atoms with Crippen LogP contribution in [-0.4, -0.2) is 58.2 Å². The summed E-state index contributed by atoms with van der Waals surface area (Å²) in [6, 6.07) is 15.7. The fourth-order valence-corrected chi connectivity index (χ4v) is 3.58. The Bertz CT molecular complexity index is 898. The molecule has 0 atom stereocenters. The van der Waals surface area contributed by atoms with Gasteiger partial charge in [-0.2, -0.15) is 0 Å². The highest BCUT2D eigenvalue weighted by molar-refractivity contribution is 6.27. The van der Waals surface area contributed by atoms with Gasteiger partial charge < -0.3 is 14.9 Å². The number of carbonyl (C=O) groups is 2. The number of piperidine rings is 1. The lowest BCUT2D eigenvalue weighted by molar-refractivity contribution is -0.385. The summed E-state index contributed by atoms with van der Waals surface area (Å²) >= 11 is 0. The van der Waals surface area contributed by atoms with E-state index in [2.05, 4.69) is 35.2 Å². The standard InChI is InChI=1S/C21H26N2O3.C2H2O4/c1-17-15-20(7-8-21(17)23(24)25)26-14-13-22-11-9-19(10-12-22)16-18-5-3-2-4-6-18;3-1(4)2(5)6/h2-8,15,19H,9-14,16H2,1H3;(H,3,4)(H,5,6). The van der Waals surface area contributed by atoms with Crippen LogP contribution in [0.15, 0.2) is 48.5 Å². The number of likely N-dealkylation sites (tertiary alicyclic amines) is 1. The molecule has 0 amide bonds. The number of nitro groups is 1. The minimum Gasteiger partial charge on any atom is -0.492 e. The molecule has 2 aromatic rings. The monoisotopic (exact) mass is 444 g/mol. The predicted octanol–water partition coefficient (Wildman–Crippen LogP) is 3.39. The summed E-state index contributed by atoms with van der Waals surface area (Å²) in [7, 11) is 0. The first kappa shape index (κ1) is 24.8. The van der Waals surface area contributed by atoms with Crippen LogP contribution in [0.3, 0.4) is 0 Å². The Kier molecular flexibility index (Phi) is 9.62. The highest BCUT2D eigenvalue weighted by Crippen LogP contribution is 2.24. The molecule has 0 saturated carbocycles. The Balaban J connectivity index is 0.000000534. The third kappa shape index (κ3) is 8.35. The van der Waals surface area contributed by atoms with Crippen molar-refractivity contribution in [3.63, 3.8) is 0 Å². The molecule has 0 aliphatic carbocycles. The Labute approximate surface area is 186 Å². The molecule has 0 spiro atoms. The molecule has 9 heteroatoms. The van der Waals surface area contributed by atoms with Gasteiger partial charge in [0, 0.05) is 18.2 Å². The molecule has 1 saturated heterocycles. The SMILES string of the molecule is Cc1cc(OCCN2CCC(Cc3ccccc3)CC2)ccc1[N+](=O)[O-].O=C(O)C(=O)O. The van der Waals surface area contributed by atoms with Crippen molar-refractivity contribution in [2.24, 2.45) is 5.92 Å². The third-order valence-corrected chi connectivity index (χ3v) is 5.30. The van der Waals surface area contributed by atoms with E-state index in [0.717, 1.165) is 25.6 Å². The molecule has 1 fully saturated rings. The van der Waals surface area contributed by atoms with Crippen LogP contribution in [0.1, 0.15) is 24.0 Å². The molecule has 2 aromatic carbocycles. The second-order valence-electron chi connectivity index (χ2n) is 7.64. The van der Waals surface area contributed by atoms with Crippen molar-refractivity contribution in [2.45, 2.75) is 26.2 Å². The van der Waals surface area contributed by atoms with Crippen molar-refractivity contribution in [1.29, 1.82) is 0 Å². The van der Waals surface area contributed by atoms with Crippen LogP contribution in [0, 0.1) is 23.0 Å². The number of ether oxygens (including phenoxy) is 1. The van der Waals surface area contributed by atoms with Crippen LogP contribution >= 0.6 is 0 Å². The van der Waals surface area contributed by atoms with E-state index in [1.807, 2.05) is 0 Å². The predicted molar refractivity (Wildman–Crippen MR) is 118 cm³/mol. The van der Waals surface area contributed by atoms with Crippen LogP contribution < -0.4 is 4.74 Å². The maximum Gasteiger partial charge on any atom is 0.414 e. The number of benzene rings is 2. The van der Waals surface area contributed by atoms with Crippen LogP contribution in [0.5, 0.6) is 5.75 Å². The molecule has 9 nitrogen and oxygen atoms in total. The molecule has 1 aliphatic heterocycles. The lowest BCUT2D eigenvalue weighted by atomic mass is 9.90. The van der Waals surface area contributed by atoms with Crippen molar-refractivity contribution < 1.29 is 29.5 Å². The summed E-state index contributed by atoms with van der Waals surface area (Å²) in [5, 5.41) is 25.6. The van der Waals surface area contributed by atoms with Crippen molar-refractivity contribution in [3.8, 4) is 5.75 Å². The minimum atomic E-state index is -1.82. The number of rotatable bonds is 7. The normalized spacial score (nSPS) is 14.2.